The number of allylic oxidation sites excluding steroid dienone is 1. The number of hydrogen-bond donors (Lipinski definition) is 1. The summed E-state index contributed by atoms with van der Waals surface area (Å²) in [6, 6.07) is 17.5. The number of benzene rings is 2. The summed E-state index contributed by atoms with van der Waals surface area (Å²) >= 11 is 0. The molecule has 0 bridgehead atoms. The Morgan fingerprint density at radius 2 is 1.30 bits per heavy atom. The van der Waals surface area contributed by atoms with Crippen molar-refractivity contribution in [3.05, 3.63) is 70.8 Å². The molecule has 116 valence electrons. The van der Waals surface area contributed by atoms with Crippen molar-refractivity contribution in [2.24, 2.45) is 0 Å². The number of hydrogen-bond acceptors (Lipinski definition) is 2. The largest absolute Gasteiger partial charge is 0.508 e. The second-order valence-electron chi connectivity index (χ2n) is 6.13. The van der Waals surface area contributed by atoms with Crippen LogP contribution in [0.4, 0.5) is 0 Å². The Morgan fingerprint density at radius 1 is 0.783 bits per heavy atom. The van der Waals surface area contributed by atoms with Crippen molar-refractivity contribution >= 4 is 5.57 Å². The molecule has 0 saturated heterocycles. The van der Waals surface area contributed by atoms with Gasteiger partial charge in [-0.25, -0.2) is 0 Å². The number of phenols is 1. The van der Waals surface area contributed by atoms with Crippen molar-refractivity contribution in [1.29, 1.82) is 5.26 Å². The van der Waals surface area contributed by atoms with Gasteiger partial charge in [0.15, 0.2) is 0 Å². The zero-order valence-electron chi connectivity index (χ0n) is 13.3. The van der Waals surface area contributed by atoms with Crippen LogP contribution in [0.15, 0.2) is 54.1 Å². The lowest BCUT2D eigenvalue weighted by molar-refractivity contribution is 0.475. The number of phenolic OH excluding ortho intramolecular Hbond substituents is 1. The number of aromatic hydroxyl groups is 1. The minimum atomic E-state index is 0.291. The second-order valence-corrected chi connectivity index (χ2v) is 6.13. The highest BCUT2D eigenvalue weighted by Gasteiger charge is 2.14. The maximum atomic E-state index is 9.58. The summed E-state index contributed by atoms with van der Waals surface area (Å²) in [7, 11) is 0. The monoisotopic (exact) mass is 303 g/mol. The highest BCUT2D eigenvalue weighted by molar-refractivity contribution is 5.82. The third-order valence-electron chi connectivity index (χ3n) is 4.52. The Hall–Kier alpha value is -2.53. The van der Waals surface area contributed by atoms with Crippen LogP contribution < -0.4 is 0 Å². The van der Waals surface area contributed by atoms with Crippen LogP contribution in [0.2, 0.25) is 0 Å². The first-order chi connectivity index (χ1) is 11.3. The molecule has 0 atom stereocenters. The lowest BCUT2D eigenvalue weighted by Gasteiger charge is -2.15. The summed E-state index contributed by atoms with van der Waals surface area (Å²) in [5.41, 5.74) is 5.76. The second kappa shape index (κ2) is 7.15. The molecule has 1 N–H and O–H groups in total. The standard InChI is InChI=1S/C21H21NO/c22-15-16-7-9-18(10-8-16)21(17-5-3-1-2-4-6-17)19-11-13-20(23)14-12-19/h7-14,23H,1-6H2. The van der Waals surface area contributed by atoms with Crippen molar-refractivity contribution in [3.8, 4) is 11.8 Å². The van der Waals surface area contributed by atoms with E-state index in [4.69, 9.17) is 5.26 Å². The quantitative estimate of drug-likeness (QED) is 0.753. The molecule has 2 heteroatoms. The number of nitrogens with zero attached hydrogens (tertiary/aromatic N) is 1. The fraction of sp³-hybridized carbons (Fsp3) is 0.286. The van der Waals surface area contributed by atoms with Crippen LogP contribution >= 0.6 is 0 Å². The lowest BCUT2D eigenvalue weighted by Crippen LogP contribution is -1.95. The molecular weight excluding hydrogens is 282 g/mol. The molecule has 23 heavy (non-hydrogen) atoms. The van der Waals surface area contributed by atoms with Crippen LogP contribution in [-0.4, -0.2) is 5.11 Å². The fourth-order valence-corrected chi connectivity index (χ4v) is 3.32. The van der Waals surface area contributed by atoms with E-state index >= 15 is 0 Å². The van der Waals surface area contributed by atoms with Gasteiger partial charge in [-0.1, -0.05) is 42.7 Å². The van der Waals surface area contributed by atoms with Crippen molar-refractivity contribution in [3.63, 3.8) is 0 Å². The Morgan fingerprint density at radius 3 is 1.83 bits per heavy atom. The van der Waals surface area contributed by atoms with Crippen molar-refractivity contribution in [1.82, 2.24) is 0 Å². The lowest BCUT2D eigenvalue weighted by atomic mass is 9.89. The van der Waals surface area contributed by atoms with Crippen LogP contribution in [0.25, 0.3) is 5.57 Å². The van der Waals surface area contributed by atoms with E-state index in [0.29, 0.717) is 11.3 Å². The minimum Gasteiger partial charge on any atom is -0.508 e. The molecule has 0 aliphatic heterocycles. The predicted octanol–water partition coefficient (Wildman–Crippen LogP) is 5.42. The van der Waals surface area contributed by atoms with Gasteiger partial charge in [-0.15, -0.1) is 0 Å². The average Bonchev–Trinajstić information content (AvgIpc) is 2.87. The highest BCUT2D eigenvalue weighted by atomic mass is 16.3. The van der Waals surface area contributed by atoms with E-state index in [2.05, 4.69) is 6.07 Å². The molecule has 0 spiro atoms. The van der Waals surface area contributed by atoms with Gasteiger partial charge in [0.05, 0.1) is 11.6 Å². The summed E-state index contributed by atoms with van der Waals surface area (Å²) in [5, 5.41) is 18.6. The van der Waals surface area contributed by atoms with E-state index in [1.807, 2.05) is 36.4 Å². The molecule has 1 fully saturated rings. The van der Waals surface area contributed by atoms with Gasteiger partial charge in [0.25, 0.3) is 0 Å². The van der Waals surface area contributed by atoms with Crippen LogP contribution in [-0.2, 0) is 0 Å². The first-order valence-corrected chi connectivity index (χ1v) is 8.30. The molecule has 2 aromatic carbocycles. The Balaban J connectivity index is 2.10. The van der Waals surface area contributed by atoms with Crippen LogP contribution in [0, 0.1) is 11.3 Å². The Bertz CT molecular complexity index is 723. The highest BCUT2D eigenvalue weighted by Crippen LogP contribution is 2.34. The number of rotatable bonds is 2. The van der Waals surface area contributed by atoms with Crippen LogP contribution in [0.3, 0.4) is 0 Å². The zero-order valence-corrected chi connectivity index (χ0v) is 13.3. The summed E-state index contributed by atoms with van der Waals surface area (Å²) in [4.78, 5) is 0. The molecule has 1 aliphatic rings. The first-order valence-electron chi connectivity index (χ1n) is 8.30. The molecule has 1 aliphatic carbocycles. The Kier molecular flexibility index (Phi) is 4.78. The summed E-state index contributed by atoms with van der Waals surface area (Å²) in [5.74, 6) is 0.291. The van der Waals surface area contributed by atoms with E-state index in [-0.39, 0.29) is 0 Å². The first kappa shape index (κ1) is 15.4. The molecule has 2 aromatic rings. The fourth-order valence-electron chi connectivity index (χ4n) is 3.32. The zero-order chi connectivity index (χ0) is 16.1. The van der Waals surface area contributed by atoms with E-state index in [1.54, 1.807) is 12.1 Å². The van der Waals surface area contributed by atoms with E-state index in [0.717, 1.165) is 24.0 Å². The summed E-state index contributed by atoms with van der Waals surface area (Å²) in [6.07, 6.45) is 7.37. The number of nitriles is 1. The Labute approximate surface area is 137 Å². The normalized spacial score (nSPS) is 14.8. The van der Waals surface area contributed by atoms with Gasteiger partial charge in [-0.05, 0) is 66.6 Å². The summed E-state index contributed by atoms with van der Waals surface area (Å²) in [6.45, 7) is 0. The van der Waals surface area contributed by atoms with Gasteiger partial charge < -0.3 is 5.11 Å². The molecule has 3 rings (SSSR count). The molecule has 0 aromatic heterocycles. The molecule has 0 unspecified atom stereocenters. The van der Waals surface area contributed by atoms with E-state index < -0.39 is 0 Å². The third kappa shape index (κ3) is 3.63. The van der Waals surface area contributed by atoms with Gasteiger partial charge in [0, 0.05) is 0 Å². The molecule has 0 heterocycles. The van der Waals surface area contributed by atoms with Crippen molar-refractivity contribution in [2.75, 3.05) is 0 Å². The topological polar surface area (TPSA) is 44.0 Å². The van der Waals surface area contributed by atoms with Gasteiger partial charge in [-0.2, -0.15) is 5.26 Å². The molecule has 0 radical (unpaired) electrons. The van der Waals surface area contributed by atoms with Crippen molar-refractivity contribution in [2.45, 2.75) is 38.5 Å². The SMILES string of the molecule is N#Cc1ccc(C(=C2CCCCCC2)c2ccc(O)cc2)cc1. The third-order valence-corrected chi connectivity index (χ3v) is 4.52. The van der Waals surface area contributed by atoms with Crippen LogP contribution in [0.1, 0.15) is 55.2 Å². The van der Waals surface area contributed by atoms with E-state index in [1.165, 1.54) is 36.8 Å². The maximum Gasteiger partial charge on any atom is 0.115 e. The minimum absolute atomic E-state index is 0.291. The average molecular weight is 303 g/mol. The molecule has 1 saturated carbocycles. The van der Waals surface area contributed by atoms with Crippen LogP contribution in [0.5, 0.6) is 5.75 Å². The van der Waals surface area contributed by atoms with Gasteiger partial charge >= 0.3 is 0 Å². The molecular formula is C21H21NO. The molecule has 2 nitrogen and oxygen atoms in total. The van der Waals surface area contributed by atoms with Gasteiger partial charge in [0.1, 0.15) is 5.75 Å². The molecule has 0 amide bonds. The predicted molar refractivity (Wildman–Crippen MR) is 93.0 cm³/mol. The van der Waals surface area contributed by atoms with E-state index in [9.17, 15) is 5.11 Å². The smallest absolute Gasteiger partial charge is 0.115 e. The maximum absolute atomic E-state index is 9.58. The summed E-state index contributed by atoms with van der Waals surface area (Å²) < 4.78 is 0. The van der Waals surface area contributed by atoms with Crippen molar-refractivity contribution < 1.29 is 5.11 Å². The van der Waals surface area contributed by atoms with Gasteiger partial charge in [0.2, 0.25) is 0 Å². The van der Waals surface area contributed by atoms with Gasteiger partial charge in [-0.3, -0.25) is 0 Å².